The van der Waals surface area contributed by atoms with Gasteiger partial charge in [0.1, 0.15) is 18.1 Å². The first kappa shape index (κ1) is 21.1. The van der Waals surface area contributed by atoms with Crippen LogP contribution in [0.25, 0.3) is 0 Å². The van der Waals surface area contributed by atoms with Crippen LogP contribution in [-0.4, -0.2) is 33.4 Å². The molecule has 6 nitrogen and oxygen atoms in total. The highest BCUT2D eigenvalue weighted by Gasteiger charge is 2.15. The number of ether oxygens (including phenoxy) is 2. The fourth-order valence-corrected chi connectivity index (χ4v) is 3.64. The quantitative estimate of drug-likeness (QED) is 0.239. The number of allylic oxidation sites excluding steroid dienone is 1. The molecule has 0 saturated carbocycles. The summed E-state index contributed by atoms with van der Waals surface area (Å²) in [4.78, 5) is 12.5. The number of benzene rings is 2. The van der Waals surface area contributed by atoms with E-state index in [4.69, 9.17) is 9.47 Å². The summed E-state index contributed by atoms with van der Waals surface area (Å²) in [6.07, 6.45) is 1.77. The zero-order valence-corrected chi connectivity index (χ0v) is 18.3. The lowest BCUT2D eigenvalue weighted by Gasteiger charge is -2.09. The Morgan fingerprint density at radius 2 is 1.83 bits per heavy atom. The molecule has 0 bridgehead atoms. The molecule has 0 aliphatic carbocycles. The van der Waals surface area contributed by atoms with Crippen LogP contribution in [0.15, 0.2) is 70.8 Å². The lowest BCUT2D eigenvalue weighted by molar-refractivity contribution is 0.102. The Balaban J connectivity index is 1.64. The van der Waals surface area contributed by atoms with Gasteiger partial charge in [-0.3, -0.25) is 9.36 Å². The second-order valence-electron chi connectivity index (χ2n) is 5.98. The normalized spacial score (nSPS) is 10.6. The van der Waals surface area contributed by atoms with E-state index in [1.807, 2.05) is 28.8 Å². The number of Topliss-reactive ketones (excluding diaryl/α,β-unsaturated/α-hetero) is 1. The first-order valence-electron chi connectivity index (χ1n) is 8.82. The van der Waals surface area contributed by atoms with Crippen molar-refractivity contribution in [2.24, 2.45) is 0 Å². The van der Waals surface area contributed by atoms with Crippen molar-refractivity contribution in [2.75, 3.05) is 12.9 Å². The maximum atomic E-state index is 12.5. The zero-order valence-electron chi connectivity index (χ0n) is 15.9. The van der Waals surface area contributed by atoms with Crippen molar-refractivity contribution >= 4 is 33.5 Å². The number of ketones is 1. The van der Waals surface area contributed by atoms with E-state index in [1.54, 1.807) is 37.5 Å². The molecule has 3 rings (SSSR count). The average Bonchev–Trinajstić information content (AvgIpc) is 3.13. The van der Waals surface area contributed by atoms with E-state index in [-0.39, 0.29) is 18.1 Å². The molecule has 29 heavy (non-hydrogen) atoms. The van der Waals surface area contributed by atoms with Gasteiger partial charge in [-0.25, -0.2) is 0 Å². The van der Waals surface area contributed by atoms with Crippen LogP contribution in [0.5, 0.6) is 11.5 Å². The van der Waals surface area contributed by atoms with E-state index in [0.29, 0.717) is 23.1 Å². The molecule has 0 N–H and O–H groups in total. The summed E-state index contributed by atoms with van der Waals surface area (Å²) >= 11 is 4.74. The number of thioether (sulfide) groups is 1. The Bertz CT molecular complexity index is 972. The predicted molar refractivity (Wildman–Crippen MR) is 117 cm³/mol. The number of halogens is 1. The number of rotatable bonds is 10. The molecule has 0 aliphatic rings. The summed E-state index contributed by atoms with van der Waals surface area (Å²) in [6.45, 7) is 4.60. The average molecular weight is 474 g/mol. The Labute approximate surface area is 182 Å². The van der Waals surface area contributed by atoms with Gasteiger partial charge in [0, 0.05) is 16.6 Å². The summed E-state index contributed by atoms with van der Waals surface area (Å²) in [6, 6.07) is 14.6. The van der Waals surface area contributed by atoms with Crippen molar-refractivity contribution in [2.45, 2.75) is 18.3 Å². The minimum absolute atomic E-state index is 0.0125. The highest BCUT2D eigenvalue weighted by atomic mass is 79.9. The minimum Gasteiger partial charge on any atom is -0.497 e. The van der Waals surface area contributed by atoms with Crippen LogP contribution in [0.4, 0.5) is 0 Å². The van der Waals surface area contributed by atoms with Gasteiger partial charge in [0.15, 0.2) is 16.8 Å². The monoisotopic (exact) mass is 473 g/mol. The molecule has 0 radical (unpaired) electrons. The third kappa shape index (κ3) is 5.71. The highest BCUT2D eigenvalue weighted by molar-refractivity contribution is 9.10. The van der Waals surface area contributed by atoms with Crippen molar-refractivity contribution in [1.82, 2.24) is 14.8 Å². The van der Waals surface area contributed by atoms with Gasteiger partial charge in [0.25, 0.3) is 0 Å². The predicted octanol–water partition coefficient (Wildman–Crippen LogP) is 4.79. The zero-order chi connectivity index (χ0) is 20.6. The van der Waals surface area contributed by atoms with Crippen molar-refractivity contribution in [3.63, 3.8) is 0 Å². The van der Waals surface area contributed by atoms with Gasteiger partial charge in [-0.05, 0) is 48.5 Å². The molecule has 3 aromatic rings. The van der Waals surface area contributed by atoms with Crippen LogP contribution in [0.3, 0.4) is 0 Å². The first-order valence-corrected chi connectivity index (χ1v) is 10.6. The molecular formula is C21H20BrN3O3S. The molecule has 0 aliphatic heterocycles. The molecule has 1 heterocycles. The van der Waals surface area contributed by atoms with E-state index in [2.05, 4.69) is 32.7 Å². The largest absolute Gasteiger partial charge is 0.497 e. The summed E-state index contributed by atoms with van der Waals surface area (Å²) in [5.41, 5.74) is 0.631. The second-order valence-corrected chi connectivity index (χ2v) is 7.84. The molecular weight excluding hydrogens is 454 g/mol. The maximum Gasteiger partial charge on any atom is 0.192 e. The molecule has 8 heteroatoms. The van der Waals surface area contributed by atoms with Gasteiger partial charge in [-0.2, -0.15) is 0 Å². The van der Waals surface area contributed by atoms with Crippen molar-refractivity contribution < 1.29 is 14.3 Å². The van der Waals surface area contributed by atoms with Gasteiger partial charge in [0.05, 0.1) is 12.9 Å². The Hall–Kier alpha value is -2.58. The fraction of sp³-hybridized carbons (Fsp3) is 0.190. The van der Waals surface area contributed by atoms with Crippen molar-refractivity contribution in [3.8, 4) is 11.5 Å². The van der Waals surface area contributed by atoms with Gasteiger partial charge in [-0.1, -0.05) is 33.8 Å². The van der Waals surface area contributed by atoms with Crippen LogP contribution < -0.4 is 9.47 Å². The van der Waals surface area contributed by atoms with Crippen LogP contribution in [-0.2, 0) is 13.2 Å². The fourth-order valence-electron chi connectivity index (χ4n) is 2.51. The van der Waals surface area contributed by atoms with Crippen molar-refractivity contribution in [1.29, 1.82) is 0 Å². The third-order valence-electron chi connectivity index (χ3n) is 4.03. The van der Waals surface area contributed by atoms with E-state index in [0.717, 1.165) is 16.0 Å². The summed E-state index contributed by atoms with van der Waals surface area (Å²) in [5, 5.41) is 9.10. The second kappa shape index (κ2) is 10.3. The van der Waals surface area contributed by atoms with E-state index in [1.165, 1.54) is 11.8 Å². The summed E-state index contributed by atoms with van der Waals surface area (Å²) in [7, 11) is 1.59. The number of carbonyl (C=O) groups is 1. The van der Waals surface area contributed by atoms with Gasteiger partial charge in [-0.15, -0.1) is 16.8 Å². The summed E-state index contributed by atoms with van der Waals surface area (Å²) in [5.74, 6) is 2.40. The molecule has 0 spiro atoms. The van der Waals surface area contributed by atoms with Crippen LogP contribution in [0.2, 0.25) is 0 Å². The molecule has 0 atom stereocenters. The number of aromatic nitrogens is 3. The SMILES string of the molecule is C=CCn1c(COc2ccc(Br)cc2)nnc1SCC(=O)c1ccc(OC)cc1. The van der Waals surface area contributed by atoms with Crippen molar-refractivity contribution in [3.05, 3.63) is 77.0 Å². The summed E-state index contributed by atoms with van der Waals surface area (Å²) < 4.78 is 13.8. The van der Waals surface area contributed by atoms with Crippen LogP contribution in [0.1, 0.15) is 16.2 Å². The topological polar surface area (TPSA) is 66.2 Å². The van der Waals surface area contributed by atoms with E-state index >= 15 is 0 Å². The number of methoxy groups -OCH3 is 1. The molecule has 2 aromatic carbocycles. The minimum atomic E-state index is 0.0125. The van der Waals surface area contributed by atoms with Crippen LogP contribution in [0, 0.1) is 0 Å². The molecule has 0 fully saturated rings. The molecule has 0 unspecified atom stereocenters. The standard InChI is InChI=1S/C21H20BrN3O3S/c1-3-12-25-20(13-28-18-10-6-16(22)7-11-18)23-24-21(25)29-14-19(26)15-4-8-17(27-2)9-5-15/h3-11H,1,12-14H2,2H3. The Morgan fingerprint density at radius 1 is 1.14 bits per heavy atom. The number of carbonyl (C=O) groups excluding carboxylic acids is 1. The Morgan fingerprint density at radius 3 is 2.48 bits per heavy atom. The molecule has 0 amide bonds. The highest BCUT2D eigenvalue weighted by Crippen LogP contribution is 2.22. The number of hydrogen-bond donors (Lipinski definition) is 0. The van der Waals surface area contributed by atoms with Crippen LogP contribution >= 0.6 is 27.7 Å². The number of hydrogen-bond acceptors (Lipinski definition) is 6. The smallest absolute Gasteiger partial charge is 0.192 e. The third-order valence-corrected chi connectivity index (χ3v) is 5.53. The molecule has 150 valence electrons. The van der Waals surface area contributed by atoms with Gasteiger partial charge >= 0.3 is 0 Å². The molecule has 0 saturated heterocycles. The van der Waals surface area contributed by atoms with Gasteiger partial charge < -0.3 is 9.47 Å². The van der Waals surface area contributed by atoms with Gasteiger partial charge in [0.2, 0.25) is 0 Å². The Kier molecular flexibility index (Phi) is 7.48. The van der Waals surface area contributed by atoms with E-state index in [9.17, 15) is 4.79 Å². The van der Waals surface area contributed by atoms with E-state index < -0.39 is 0 Å². The lowest BCUT2D eigenvalue weighted by atomic mass is 10.1. The molecule has 1 aromatic heterocycles. The first-order chi connectivity index (χ1) is 14.1. The number of nitrogens with zero attached hydrogens (tertiary/aromatic N) is 3. The lowest BCUT2D eigenvalue weighted by Crippen LogP contribution is -2.09. The maximum absolute atomic E-state index is 12.5.